The third-order valence-electron chi connectivity index (χ3n) is 5.70. The highest BCUT2D eigenvalue weighted by Gasteiger charge is 2.52. The monoisotopic (exact) mass is 310 g/mol. The van der Waals surface area contributed by atoms with Gasteiger partial charge in [0.25, 0.3) is 5.91 Å². The highest BCUT2D eigenvalue weighted by atomic mass is 32.1. The minimum absolute atomic E-state index is 0.0301. The highest BCUT2D eigenvalue weighted by Crippen LogP contribution is 2.44. The van der Waals surface area contributed by atoms with Crippen LogP contribution in [0.4, 0.5) is 4.79 Å². The molecule has 0 unspecified atom stereocenters. The fraction of sp³-hybridized carbons (Fsp3) is 0.875. The van der Waals surface area contributed by atoms with Gasteiger partial charge in [-0.15, -0.1) is 0 Å². The Labute approximate surface area is 132 Å². The Kier molecular flexibility index (Phi) is 4.21. The lowest BCUT2D eigenvalue weighted by Gasteiger charge is -2.42. The Balaban J connectivity index is 1.74. The van der Waals surface area contributed by atoms with Gasteiger partial charge in [0.15, 0.2) is 0 Å². The summed E-state index contributed by atoms with van der Waals surface area (Å²) in [5, 5.41) is 3.04. The average Bonchev–Trinajstić information content (AvgIpc) is 2.63. The molecule has 1 heterocycles. The molecule has 0 bridgehead atoms. The van der Waals surface area contributed by atoms with E-state index in [4.69, 9.17) is 0 Å². The first-order valence-corrected chi connectivity index (χ1v) is 8.99. The number of urea groups is 1. The summed E-state index contributed by atoms with van der Waals surface area (Å²) in [6.07, 6.45) is 10.6. The van der Waals surface area contributed by atoms with E-state index in [-0.39, 0.29) is 17.4 Å². The smallest absolute Gasteiger partial charge is 0.323 e. The molecule has 0 radical (unpaired) electrons. The van der Waals surface area contributed by atoms with Crippen molar-refractivity contribution in [1.82, 2.24) is 10.2 Å². The first-order valence-electron chi connectivity index (χ1n) is 8.36. The zero-order chi connectivity index (χ0) is 14.9. The largest absolute Gasteiger partial charge is 0.325 e. The summed E-state index contributed by atoms with van der Waals surface area (Å²) in [6, 6.07) is -0.173. The number of rotatable bonds is 3. The van der Waals surface area contributed by atoms with Crippen molar-refractivity contribution in [3.63, 3.8) is 0 Å². The van der Waals surface area contributed by atoms with Gasteiger partial charge in [-0.25, -0.2) is 4.79 Å². The molecular formula is C16H26N2O2S. The van der Waals surface area contributed by atoms with E-state index < -0.39 is 5.54 Å². The molecule has 3 fully saturated rings. The van der Waals surface area contributed by atoms with Gasteiger partial charge in [0.05, 0.1) is 0 Å². The molecule has 4 nitrogen and oxygen atoms in total. The van der Waals surface area contributed by atoms with Gasteiger partial charge in [0, 0.05) is 6.54 Å². The Bertz CT molecular complexity index is 420. The van der Waals surface area contributed by atoms with Gasteiger partial charge >= 0.3 is 6.03 Å². The number of nitrogens with one attached hydrogen (secondary N) is 1. The van der Waals surface area contributed by atoms with Gasteiger partial charge in [0.1, 0.15) is 5.54 Å². The van der Waals surface area contributed by atoms with Crippen molar-refractivity contribution >= 4 is 24.6 Å². The molecule has 3 aliphatic rings. The zero-order valence-corrected chi connectivity index (χ0v) is 13.6. The van der Waals surface area contributed by atoms with Gasteiger partial charge < -0.3 is 5.32 Å². The Morgan fingerprint density at radius 1 is 0.952 bits per heavy atom. The molecule has 0 atom stereocenters. The maximum atomic E-state index is 12.9. The SMILES string of the molecule is O=C1NC2(CCCCCCC2)C(=O)N1CC1(CS)CCC1. The fourth-order valence-electron chi connectivity index (χ4n) is 4.05. The molecule has 5 heteroatoms. The summed E-state index contributed by atoms with van der Waals surface area (Å²) in [4.78, 5) is 26.8. The molecule has 1 spiro atoms. The summed E-state index contributed by atoms with van der Waals surface area (Å²) < 4.78 is 0. The van der Waals surface area contributed by atoms with Crippen molar-refractivity contribution < 1.29 is 9.59 Å². The molecule has 3 rings (SSSR count). The van der Waals surface area contributed by atoms with Crippen LogP contribution in [-0.4, -0.2) is 34.7 Å². The van der Waals surface area contributed by atoms with Crippen LogP contribution in [0, 0.1) is 5.41 Å². The summed E-state index contributed by atoms with van der Waals surface area (Å²) in [7, 11) is 0. The van der Waals surface area contributed by atoms with E-state index in [0.29, 0.717) is 6.54 Å². The molecule has 2 saturated carbocycles. The van der Waals surface area contributed by atoms with Crippen LogP contribution in [0.5, 0.6) is 0 Å². The standard InChI is InChI=1S/C16H26N2O2S/c19-13-16(9-4-2-1-3-5-10-16)17-14(20)18(13)11-15(12-21)7-6-8-15/h21H,1-12H2,(H,17,20). The minimum Gasteiger partial charge on any atom is -0.323 e. The van der Waals surface area contributed by atoms with Crippen molar-refractivity contribution in [3.05, 3.63) is 0 Å². The maximum Gasteiger partial charge on any atom is 0.325 e. The van der Waals surface area contributed by atoms with Crippen LogP contribution in [0.15, 0.2) is 0 Å². The van der Waals surface area contributed by atoms with Crippen LogP contribution in [0.25, 0.3) is 0 Å². The second-order valence-corrected chi connectivity index (χ2v) is 7.50. The quantitative estimate of drug-likeness (QED) is 0.621. The highest BCUT2D eigenvalue weighted by molar-refractivity contribution is 7.80. The zero-order valence-electron chi connectivity index (χ0n) is 12.7. The number of nitrogens with zero attached hydrogens (tertiary/aromatic N) is 1. The van der Waals surface area contributed by atoms with E-state index in [9.17, 15) is 9.59 Å². The van der Waals surface area contributed by atoms with Crippen LogP contribution in [0.2, 0.25) is 0 Å². The van der Waals surface area contributed by atoms with E-state index >= 15 is 0 Å². The first-order chi connectivity index (χ1) is 10.1. The molecule has 2 aliphatic carbocycles. The van der Waals surface area contributed by atoms with Crippen LogP contribution in [-0.2, 0) is 4.79 Å². The van der Waals surface area contributed by atoms with E-state index in [1.54, 1.807) is 0 Å². The average molecular weight is 310 g/mol. The number of imide groups is 1. The van der Waals surface area contributed by atoms with E-state index in [1.807, 2.05) is 0 Å². The topological polar surface area (TPSA) is 49.4 Å². The van der Waals surface area contributed by atoms with Crippen LogP contribution in [0.1, 0.15) is 64.2 Å². The lowest BCUT2D eigenvalue weighted by Crippen LogP contribution is -2.49. The molecular weight excluding hydrogens is 284 g/mol. The third-order valence-corrected chi connectivity index (χ3v) is 6.37. The molecule has 118 valence electrons. The van der Waals surface area contributed by atoms with E-state index in [1.165, 1.54) is 30.6 Å². The van der Waals surface area contributed by atoms with Crippen LogP contribution < -0.4 is 5.32 Å². The van der Waals surface area contributed by atoms with Gasteiger partial charge in [-0.05, 0) is 36.9 Å². The summed E-state index contributed by atoms with van der Waals surface area (Å²) in [5.41, 5.74) is -0.525. The second-order valence-electron chi connectivity index (χ2n) is 7.18. The number of amides is 3. The van der Waals surface area contributed by atoms with Crippen molar-refractivity contribution in [2.24, 2.45) is 5.41 Å². The molecule has 0 aromatic rings. The summed E-state index contributed by atoms with van der Waals surface area (Å²) in [5.74, 6) is 0.791. The first kappa shape index (κ1) is 15.2. The number of hydrogen-bond acceptors (Lipinski definition) is 3. The van der Waals surface area contributed by atoms with Crippen molar-refractivity contribution in [2.75, 3.05) is 12.3 Å². The van der Waals surface area contributed by atoms with Crippen molar-refractivity contribution in [3.8, 4) is 0 Å². The lowest BCUT2D eigenvalue weighted by atomic mass is 9.70. The van der Waals surface area contributed by atoms with E-state index in [0.717, 1.165) is 44.3 Å². The van der Waals surface area contributed by atoms with Crippen molar-refractivity contribution in [2.45, 2.75) is 69.7 Å². The van der Waals surface area contributed by atoms with Crippen LogP contribution >= 0.6 is 12.6 Å². The molecule has 21 heavy (non-hydrogen) atoms. The molecule has 1 N–H and O–H groups in total. The fourth-order valence-corrected chi connectivity index (χ4v) is 4.46. The van der Waals surface area contributed by atoms with Crippen LogP contribution in [0.3, 0.4) is 0 Å². The molecule has 3 amide bonds. The molecule has 1 aliphatic heterocycles. The number of thiol groups is 1. The predicted molar refractivity (Wildman–Crippen MR) is 85.4 cm³/mol. The van der Waals surface area contributed by atoms with Gasteiger partial charge in [-0.1, -0.05) is 38.5 Å². The normalized spacial score (nSPS) is 28.0. The number of hydrogen-bond donors (Lipinski definition) is 2. The molecule has 1 saturated heterocycles. The lowest BCUT2D eigenvalue weighted by molar-refractivity contribution is -0.133. The van der Waals surface area contributed by atoms with Gasteiger partial charge in [-0.2, -0.15) is 12.6 Å². The van der Waals surface area contributed by atoms with Gasteiger partial charge in [0.2, 0.25) is 0 Å². The van der Waals surface area contributed by atoms with E-state index in [2.05, 4.69) is 17.9 Å². The molecule has 0 aromatic heterocycles. The number of carbonyl (C=O) groups excluding carboxylic acids is 2. The summed E-state index contributed by atoms with van der Waals surface area (Å²) in [6.45, 7) is 0.558. The summed E-state index contributed by atoms with van der Waals surface area (Å²) >= 11 is 4.44. The second kappa shape index (κ2) is 5.82. The number of carbonyl (C=O) groups is 2. The minimum atomic E-state index is -0.598. The molecule has 0 aromatic carbocycles. The van der Waals surface area contributed by atoms with Gasteiger partial charge in [-0.3, -0.25) is 9.69 Å². The Hall–Kier alpha value is -0.710. The Morgan fingerprint density at radius 3 is 2.10 bits per heavy atom. The van der Waals surface area contributed by atoms with Crippen molar-refractivity contribution in [1.29, 1.82) is 0 Å². The maximum absolute atomic E-state index is 12.9. The third kappa shape index (κ3) is 2.69. The predicted octanol–water partition coefficient (Wildman–Crippen LogP) is 3.12. The Morgan fingerprint density at radius 2 is 1.57 bits per heavy atom.